The molecule has 0 spiro atoms. The van der Waals surface area contributed by atoms with Crippen LogP contribution in [0.25, 0.3) is 33.1 Å². The molecule has 0 fully saturated rings. The third kappa shape index (κ3) is 1.88. The van der Waals surface area contributed by atoms with E-state index in [2.05, 4.69) is 53.5 Å². The quantitative estimate of drug-likeness (QED) is 0.465. The SMILES string of the molecule is c1ccc(-c2nc3ccc4ncccc4c3c3c2CCC3)cc1. The van der Waals surface area contributed by atoms with Gasteiger partial charge in [0.25, 0.3) is 0 Å². The average Bonchev–Trinajstić information content (AvgIpc) is 3.11. The molecule has 1 aliphatic carbocycles. The molecule has 5 rings (SSSR count). The second-order valence-electron chi connectivity index (χ2n) is 6.17. The van der Waals surface area contributed by atoms with E-state index in [1.165, 1.54) is 33.9 Å². The third-order valence-electron chi connectivity index (χ3n) is 4.85. The molecule has 23 heavy (non-hydrogen) atoms. The molecular weight excluding hydrogens is 280 g/mol. The van der Waals surface area contributed by atoms with Gasteiger partial charge in [-0.2, -0.15) is 0 Å². The lowest BCUT2D eigenvalue weighted by Crippen LogP contribution is -1.96. The Morgan fingerprint density at radius 3 is 2.48 bits per heavy atom. The summed E-state index contributed by atoms with van der Waals surface area (Å²) in [6, 6.07) is 19.0. The molecule has 0 bridgehead atoms. The van der Waals surface area contributed by atoms with E-state index in [9.17, 15) is 0 Å². The standard InChI is InChI=1S/C21H16N2/c1-2-6-14(7-3-1)21-16-9-4-8-15(16)20-17-10-5-13-22-18(17)11-12-19(20)23-21/h1-3,5-7,10-13H,4,8-9H2. The van der Waals surface area contributed by atoms with Gasteiger partial charge in [-0.05, 0) is 48.6 Å². The zero-order valence-corrected chi connectivity index (χ0v) is 12.8. The zero-order valence-electron chi connectivity index (χ0n) is 12.8. The maximum Gasteiger partial charge on any atom is 0.0744 e. The monoisotopic (exact) mass is 296 g/mol. The van der Waals surface area contributed by atoms with E-state index in [-0.39, 0.29) is 0 Å². The smallest absolute Gasteiger partial charge is 0.0744 e. The van der Waals surface area contributed by atoms with Gasteiger partial charge in [0.1, 0.15) is 0 Å². The predicted molar refractivity (Wildman–Crippen MR) is 94.5 cm³/mol. The van der Waals surface area contributed by atoms with E-state index in [1.54, 1.807) is 0 Å². The Morgan fingerprint density at radius 1 is 0.739 bits per heavy atom. The van der Waals surface area contributed by atoms with Crippen molar-refractivity contribution in [1.82, 2.24) is 9.97 Å². The van der Waals surface area contributed by atoms with E-state index >= 15 is 0 Å². The molecule has 0 unspecified atom stereocenters. The summed E-state index contributed by atoms with van der Waals surface area (Å²) < 4.78 is 0. The Balaban J connectivity index is 1.93. The molecule has 2 aromatic carbocycles. The lowest BCUT2D eigenvalue weighted by Gasteiger charge is -2.13. The third-order valence-corrected chi connectivity index (χ3v) is 4.85. The second kappa shape index (κ2) is 4.88. The van der Waals surface area contributed by atoms with Crippen molar-refractivity contribution in [3.63, 3.8) is 0 Å². The maximum absolute atomic E-state index is 5.04. The van der Waals surface area contributed by atoms with Crippen LogP contribution in [-0.2, 0) is 12.8 Å². The van der Waals surface area contributed by atoms with Gasteiger partial charge in [-0.15, -0.1) is 0 Å². The molecule has 110 valence electrons. The highest BCUT2D eigenvalue weighted by atomic mass is 14.7. The van der Waals surface area contributed by atoms with Crippen LogP contribution >= 0.6 is 0 Å². The first-order valence-corrected chi connectivity index (χ1v) is 8.16. The van der Waals surface area contributed by atoms with Gasteiger partial charge < -0.3 is 0 Å². The van der Waals surface area contributed by atoms with E-state index in [0.29, 0.717) is 0 Å². The van der Waals surface area contributed by atoms with Crippen molar-refractivity contribution in [3.8, 4) is 11.3 Å². The molecule has 0 saturated carbocycles. The van der Waals surface area contributed by atoms with Crippen molar-refractivity contribution >= 4 is 21.8 Å². The summed E-state index contributed by atoms with van der Waals surface area (Å²) >= 11 is 0. The topological polar surface area (TPSA) is 25.8 Å². The Morgan fingerprint density at radius 2 is 1.57 bits per heavy atom. The summed E-state index contributed by atoms with van der Waals surface area (Å²) in [5.74, 6) is 0. The van der Waals surface area contributed by atoms with E-state index < -0.39 is 0 Å². The van der Waals surface area contributed by atoms with Crippen LogP contribution in [0.5, 0.6) is 0 Å². The van der Waals surface area contributed by atoms with Crippen LogP contribution in [0.3, 0.4) is 0 Å². The van der Waals surface area contributed by atoms with Gasteiger partial charge in [0.2, 0.25) is 0 Å². The minimum Gasteiger partial charge on any atom is -0.256 e. The Hall–Kier alpha value is -2.74. The van der Waals surface area contributed by atoms with Gasteiger partial charge in [-0.25, -0.2) is 4.98 Å². The fraction of sp³-hybridized carbons (Fsp3) is 0.143. The molecule has 4 aromatic rings. The molecule has 2 heteroatoms. The number of benzene rings is 2. The fourth-order valence-electron chi connectivity index (χ4n) is 3.85. The van der Waals surface area contributed by atoms with Crippen LogP contribution in [0, 0.1) is 0 Å². The number of aromatic nitrogens is 2. The minimum atomic E-state index is 1.06. The van der Waals surface area contributed by atoms with Crippen LogP contribution in [-0.4, -0.2) is 9.97 Å². The van der Waals surface area contributed by atoms with Crippen molar-refractivity contribution in [2.24, 2.45) is 0 Å². The summed E-state index contributed by atoms with van der Waals surface area (Å²) in [7, 11) is 0. The minimum absolute atomic E-state index is 1.06. The summed E-state index contributed by atoms with van der Waals surface area (Å²) in [5, 5.41) is 2.54. The number of pyridine rings is 2. The molecule has 0 amide bonds. The maximum atomic E-state index is 5.04. The van der Waals surface area contributed by atoms with Gasteiger partial charge in [-0.3, -0.25) is 4.98 Å². The van der Waals surface area contributed by atoms with Crippen LogP contribution < -0.4 is 0 Å². The highest BCUT2D eigenvalue weighted by Gasteiger charge is 2.21. The Kier molecular flexibility index (Phi) is 2.71. The molecule has 2 nitrogen and oxygen atoms in total. The highest BCUT2D eigenvalue weighted by molar-refractivity contribution is 6.08. The molecule has 1 aliphatic rings. The molecule has 0 N–H and O–H groups in total. The molecule has 0 radical (unpaired) electrons. The fourth-order valence-corrected chi connectivity index (χ4v) is 3.85. The molecule has 0 aliphatic heterocycles. The van der Waals surface area contributed by atoms with Crippen molar-refractivity contribution < 1.29 is 0 Å². The summed E-state index contributed by atoms with van der Waals surface area (Å²) in [5.41, 5.74) is 7.44. The zero-order chi connectivity index (χ0) is 15.2. The van der Waals surface area contributed by atoms with E-state index in [0.717, 1.165) is 29.6 Å². The molecule has 2 aromatic heterocycles. The largest absolute Gasteiger partial charge is 0.256 e. The lowest BCUT2D eigenvalue weighted by atomic mass is 9.96. The van der Waals surface area contributed by atoms with Crippen molar-refractivity contribution in [3.05, 3.63) is 71.9 Å². The van der Waals surface area contributed by atoms with Crippen molar-refractivity contribution in [2.75, 3.05) is 0 Å². The molecular formula is C21H16N2. The first kappa shape index (κ1) is 12.8. The highest BCUT2D eigenvalue weighted by Crippen LogP contribution is 2.38. The normalized spacial score (nSPS) is 13.6. The Bertz CT molecular complexity index is 1040. The van der Waals surface area contributed by atoms with Gasteiger partial charge in [-0.1, -0.05) is 36.4 Å². The molecule has 0 saturated heterocycles. The lowest BCUT2D eigenvalue weighted by molar-refractivity contribution is 0.913. The van der Waals surface area contributed by atoms with Gasteiger partial charge >= 0.3 is 0 Å². The summed E-state index contributed by atoms with van der Waals surface area (Å²) in [4.78, 5) is 9.55. The molecule has 0 atom stereocenters. The number of fused-ring (bicyclic) bond motifs is 5. The predicted octanol–water partition coefficient (Wildman–Crippen LogP) is 4.94. The van der Waals surface area contributed by atoms with E-state index in [1.807, 2.05) is 12.3 Å². The Labute approximate surface area is 134 Å². The van der Waals surface area contributed by atoms with Crippen molar-refractivity contribution in [2.45, 2.75) is 19.3 Å². The first-order chi connectivity index (χ1) is 11.4. The van der Waals surface area contributed by atoms with Gasteiger partial charge in [0.05, 0.1) is 16.7 Å². The number of rotatable bonds is 1. The number of aryl methyl sites for hydroxylation is 1. The summed E-state index contributed by atoms with van der Waals surface area (Å²) in [6.07, 6.45) is 5.34. The summed E-state index contributed by atoms with van der Waals surface area (Å²) in [6.45, 7) is 0. The van der Waals surface area contributed by atoms with Crippen molar-refractivity contribution in [1.29, 1.82) is 0 Å². The van der Waals surface area contributed by atoms with E-state index in [4.69, 9.17) is 4.98 Å². The molecule has 2 heterocycles. The van der Waals surface area contributed by atoms with Crippen LogP contribution in [0.2, 0.25) is 0 Å². The van der Waals surface area contributed by atoms with Gasteiger partial charge in [0.15, 0.2) is 0 Å². The number of nitrogens with zero attached hydrogens (tertiary/aromatic N) is 2. The number of hydrogen-bond acceptors (Lipinski definition) is 2. The average molecular weight is 296 g/mol. The van der Waals surface area contributed by atoms with Crippen LogP contribution in [0.4, 0.5) is 0 Å². The van der Waals surface area contributed by atoms with Gasteiger partial charge in [0, 0.05) is 22.5 Å². The second-order valence-corrected chi connectivity index (χ2v) is 6.17. The number of hydrogen-bond donors (Lipinski definition) is 0. The van der Waals surface area contributed by atoms with Crippen LogP contribution in [0.15, 0.2) is 60.8 Å². The first-order valence-electron chi connectivity index (χ1n) is 8.16. The van der Waals surface area contributed by atoms with Crippen LogP contribution in [0.1, 0.15) is 17.5 Å².